The van der Waals surface area contributed by atoms with E-state index in [0.29, 0.717) is 0 Å². The number of carboxylic acids is 1. The standard InChI is InChI=1S/C12H16N2O6S/c1-9(15)13-10(12(17)18)8-21(19,20)7-6-14-5-3-2-4-11(14)16/h2-5,10H,6-8H2,1H3,(H,13,15)(H,17,18). The number of rotatable bonds is 7. The van der Waals surface area contributed by atoms with Crippen molar-refractivity contribution < 1.29 is 23.1 Å². The van der Waals surface area contributed by atoms with E-state index in [9.17, 15) is 22.8 Å². The molecule has 2 N–H and O–H groups in total. The van der Waals surface area contributed by atoms with Crippen LogP contribution in [0.15, 0.2) is 29.2 Å². The molecule has 0 aromatic carbocycles. The molecule has 0 aliphatic carbocycles. The number of carbonyl (C=O) groups excluding carboxylic acids is 1. The fourth-order valence-corrected chi connectivity index (χ4v) is 3.02. The van der Waals surface area contributed by atoms with Gasteiger partial charge in [-0.05, 0) is 6.07 Å². The quantitative estimate of drug-likeness (QED) is 0.655. The fourth-order valence-electron chi connectivity index (χ4n) is 1.64. The van der Waals surface area contributed by atoms with Gasteiger partial charge in [-0.2, -0.15) is 0 Å². The van der Waals surface area contributed by atoms with E-state index >= 15 is 0 Å². The van der Waals surface area contributed by atoms with Crippen molar-refractivity contribution >= 4 is 21.7 Å². The van der Waals surface area contributed by atoms with Crippen LogP contribution in [0, 0.1) is 0 Å². The first-order valence-electron chi connectivity index (χ1n) is 6.07. The Morgan fingerprint density at radius 2 is 2.05 bits per heavy atom. The van der Waals surface area contributed by atoms with Gasteiger partial charge in [-0.1, -0.05) is 6.07 Å². The molecule has 0 aliphatic heterocycles. The summed E-state index contributed by atoms with van der Waals surface area (Å²) in [5.74, 6) is -3.16. The lowest BCUT2D eigenvalue weighted by Gasteiger charge is -2.13. The maximum Gasteiger partial charge on any atom is 0.327 e. The summed E-state index contributed by atoms with van der Waals surface area (Å²) in [5.41, 5.74) is -0.343. The van der Waals surface area contributed by atoms with E-state index in [1.807, 2.05) is 0 Å². The van der Waals surface area contributed by atoms with Crippen molar-refractivity contribution in [2.75, 3.05) is 11.5 Å². The summed E-state index contributed by atoms with van der Waals surface area (Å²) in [6.07, 6.45) is 1.44. The van der Waals surface area contributed by atoms with Crippen molar-refractivity contribution in [2.24, 2.45) is 0 Å². The van der Waals surface area contributed by atoms with E-state index in [2.05, 4.69) is 5.32 Å². The molecule has 1 rings (SSSR count). The highest BCUT2D eigenvalue weighted by Crippen LogP contribution is 1.98. The Balaban J connectivity index is 2.73. The number of hydrogen-bond donors (Lipinski definition) is 2. The molecule has 1 amide bonds. The topological polar surface area (TPSA) is 123 Å². The van der Waals surface area contributed by atoms with Gasteiger partial charge in [0.05, 0.1) is 11.5 Å². The van der Waals surface area contributed by atoms with Gasteiger partial charge in [0.25, 0.3) is 5.56 Å². The van der Waals surface area contributed by atoms with Crippen molar-refractivity contribution in [3.63, 3.8) is 0 Å². The Morgan fingerprint density at radius 3 is 2.57 bits per heavy atom. The minimum absolute atomic E-state index is 0.0750. The minimum Gasteiger partial charge on any atom is -0.480 e. The van der Waals surface area contributed by atoms with Crippen LogP contribution >= 0.6 is 0 Å². The molecule has 0 saturated carbocycles. The maximum atomic E-state index is 11.9. The molecule has 1 aromatic heterocycles. The molecule has 1 heterocycles. The number of aryl methyl sites for hydroxylation is 1. The summed E-state index contributed by atoms with van der Waals surface area (Å²) >= 11 is 0. The molecule has 0 saturated heterocycles. The van der Waals surface area contributed by atoms with E-state index in [1.54, 1.807) is 6.07 Å². The SMILES string of the molecule is CC(=O)NC(CS(=O)(=O)CCn1ccccc1=O)C(=O)O. The van der Waals surface area contributed by atoms with Crippen molar-refractivity contribution in [2.45, 2.75) is 19.5 Å². The van der Waals surface area contributed by atoms with Gasteiger partial charge < -0.3 is 15.0 Å². The first-order valence-corrected chi connectivity index (χ1v) is 7.89. The molecular formula is C12H16N2O6S. The lowest BCUT2D eigenvalue weighted by atomic mass is 10.3. The highest BCUT2D eigenvalue weighted by molar-refractivity contribution is 7.91. The molecule has 0 bridgehead atoms. The number of pyridine rings is 1. The summed E-state index contributed by atoms with van der Waals surface area (Å²) in [5, 5.41) is 10.9. The first kappa shape index (κ1) is 16.9. The summed E-state index contributed by atoms with van der Waals surface area (Å²) in [6.45, 7) is 1.03. The second-order valence-electron chi connectivity index (χ2n) is 4.44. The third-order valence-electron chi connectivity index (χ3n) is 2.64. The van der Waals surface area contributed by atoms with Gasteiger partial charge in [0.15, 0.2) is 9.84 Å². The molecule has 1 atom stereocenters. The monoisotopic (exact) mass is 316 g/mol. The number of sulfone groups is 1. The zero-order valence-corrected chi connectivity index (χ0v) is 12.2. The van der Waals surface area contributed by atoms with E-state index in [-0.39, 0.29) is 17.9 Å². The number of aliphatic carboxylic acids is 1. The highest BCUT2D eigenvalue weighted by atomic mass is 32.2. The Bertz CT molecular complexity index is 679. The zero-order valence-electron chi connectivity index (χ0n) is 11.4. The third kappa shape index (κ3) is 5.78. The third-order valence-corrected chi connectivity index (χ3v) is 4.28. The van der Waals surface area contributed by atoms with Gasteiger partial charge in [-0.15, -0.1) is 0 Å². The Kier molecular flexibility index (Phi) is 5.65. The van der Waals surface area contributed by atoms with Crippen LogP contribution < -0.4 is 10.9 Å². The molecule has 0 aliphatic rings. The van der Waals surface area contributed by atoms with Gasteiger partial charge >= 0.3 is 5.97 Å². The maximum absolute atomic E-state index is 11.9. The number of aromatic nitrogens is 1. The molecule has 1 aromatic rings. The predicted molar refractivity (Wildman–Crippen MR) is 74.6 cm³/mol. The van der Waals surface area contributed by atoms with Crippen molar-refractivity contribution in [1.29, 1.82) is 0 Å². The summed E-state index contributed by atoms with van der Waals surface area (Å²) in [7, 11) is -3.74. The molecule has 8 nitrogen and oxygen atoms in total. The average Bonchev–Trinajstić information content (AvgIpc) is 2.36. The van der Waals surface area contributed by atoms with Crippen LogP contribution in [-0.4, -0.2) is 47.5 Å². The van der Waals surface area contributed by atoms with Crippen molar-refractivity contribution in [3.8, 4) is 0 Å². The van der Waals surface area contributed by atoms with Crippen LogP contribution in [-0.2, 0) is 26.0 Å². The smallest absolute Gasteiger partial charge is 0.327 e. The second-order valence-corrected chi connectivity index (χ2v) is 6.67. The number of carbonyl (C=O) groups is 2. The molecule has 21 heavy (non-hydrogen) atoms. The average molecular weight is 316 g/mol. The number of nitrogens with one attached hydrogen (secondary N) is 1. The van der Waals surface area contributed by atoms with Crippen LogP contribution in [0.5, 0.6) is 0 Å². The van der Waals surface area contributed by atoms with Gasteiger partial charge in [-0.3, -0.25) is 9.59 Å². The fraction of sp³-hybridized carbons (Fsp3) is 0.417. The Morgan fingerprint density at radius 1 is 1.38 bits per heavy atom. The van der Waals surface area contributed by atoms with Crippen molar-refractivity contribution in [1.82, 2.24) is 9.88 Å². The van der Waals surface area contributed by atoms with Crippen LogP contribution in [0.25, 0.3) is 0 Å². The van der Waals surface area contributed by atoms with Crippen molar-refractivity contribution in [3.05, 3.63) is 34.7 Å². The number of carboxylic acid groups (broad SMARTS) is 1. The molecule has 116 valence electrons. The van der Waals surface area contributed by atoms with E-state index in [0.717, 1.165) is 6.92 Å². The van der Waals surface area contributed by atoms with Crippen LogP contribution in [0.4, 0.5) is 0 Å². The molecule has 9 heteroatoms. The van der Waals surface area contributed by atoms with Crippen LogP contribution in [0.1, 0.15) is 6.92 Å². The van der Waals surface area contributed by atoms with Crippen LogP contribution in [0.3, 0.4) is 0 Å². The zero-order chi connectivity index (χ0) is 16.0. The van der Waals surface area contributed by atoms with E-state index in [4.69, 9.17) is 5.11 Å². The first-order chi connectivity index (χ1) is 9.71. The summed E-state index contributed by atoms with van der Waals surface area (Å²) < 4.78 is 25.0. The lowest BCUT2D eigenvalue weighted by Crippen LogP contribution is -2.45. The Hall–Kier alpha value is -2.16. The molecule has 0 radical (unpaired) electrons. The van der Waals surface area contributed by atoms with E-state index in [1.165, 1.54) is 22.9 Å². The molecule has 0 spiro atoms. The molecule has 1 unspecified atom stereocenters. The minimum atomic E-state index is -3.74. The van der Waals surface area contributed by atoms with Gasteiger partial charge in [0.2, 0.25) is 5.91 Å². The predicted octanol–water partition coefficient (Wildman–Crippen LogP) is -1.15. The lowest BCUT2D eigenvalue weighted by molar-refractivity contribution is -0.140. The van der Waals surface area contributed by atoms with E-state index < -0.39 is 33.5 Å². The summed E-state index contributed by atoms with van der Waals surface area (Å²) in [6, 6.07) is 2.92. The number of nitrogens with zero attached hydrogens (tertiary/aromatic N) is 1. The van der Waals surface area contributed by atoms with Gasteiger partial charge in [0, 0.05) is 25.7 Å². The van der Waals surface area contributed by atoms with Gasteiger partial charge in [-0.25, -0.2) is 13.2 Å². The Labute approximate surface area is 121 Å². The number of amides is 1. The highest BCUT2D eigenvalue weighted by Gasteiger charge is 2.25. The molecular weight excluding hydrogens is 300 g/mol. The van der Waals surface area contributed by atoms with Gasteiger partial charge in [0.1, 0.15) is 6.04 Å². The second kappa shape index (κ2) is 7.02. The largest absolute Gasteiger partial charge is 0.480 e. The number of hydrogen-bond acceptors (Lipinski definition) is 5. The van der Waals surface area contributed by atoms with Crippen LogP contribution in [0.2, 0.25) is 0 Å². The normalized spacial score (nSPS) is 12.6. The molecule has 0 fully saturated rings. The summed E-state index contributed by atoms with van der Waals surface area (Å²) in [4.78, 5) is 33.2.